The Hall–Kier alpha value is -0.750. The minimum absolute atomic E-state index is 0.645. The van der Waals surface area contributed by atoms with E-state index in [-0.39, 0.29) is 0 Å². The van der Waals surface area contributed by atoms with Crippen LogP contribution in [0.4, 0.5) is 5.69 Å². The van der Waals surface area contributed by atoms with Gasteiger partial charge in [0.25, 0.3) is 0 Å². The Labute approximate surface area is 129 Å². The summed E-state index contributed by atoms with van der Waals surface area (Å²) in [6.07, 6.45) is 0. The van der Waals surface area contributed by atoms with E-state index in [0.29, 0.717) is 6.61 Å². The van der Waals surface area contributed by atoms with Crippen molar-refractivity contribution < 1.29 is 4.74 Å². The maximum atomic E-state index is 5.64. The zero-order valence-corrected chi connectivity index (χ0v) is 13.4. The SMILES string of the molecule is Brc1ccc(OCCNc2ccccc2I)cc1. The lowest BCUT2D eigenvalue weighted by molar-refractivity contribution is 0.333. The van der Waals surface area contributed by atoms with E-state index >= 15 is 0 Å². The second-order valence-electron chi connectivity index (χ2n) is 3.71. The van der Waals surface area contributed by atoms with Gasteiger partial charge < -0.3 is 10.1 Å². The van der Waals surface area contributed by atoms with Gasteiger partial charge in [0.05, 0.1) is 0 Å². The molecule has 2 rings (SSSR count). The molecule has 0 aliphatic carbocycles. The molecule has 0 aliphatic rings. The molecule has 2 aromatic rings. The van der Waals surface area contributed by atoms with E-state index < -0.39 is 0 Å². The zero-order chi connectivity index (χ0) is 12.8. The highest BCUT2D eigenvalue weighted by atomic mass is 127. The van der Waals surface area contributed by atoms with Gasteiger partial charge in [-0.1, -0.05) is 28.1 Å². The molecule has 0 fully saturated rings. The maximum Gasteiger partial charge on any atom is 0.119 e. The van der Waals surface area contributed by atoms with Gasteiger partial charge in [-0.3, -0.25) is 0 Å². The topological polar surface area (TPSA) is 21.3 Å². The van der Waals surface area contributed by atoms with E-state index in [2.05, 4.69) is 56.0 Å². The first-order valence-electron chi connectivity index (χ1n) is 5.62. The molecular formula is C14H13BrINO. The van der Waals surface area contributed by atoms with Gasteiger partial charge in [-0.15, -0.1) is 0 Å². The molecule has 4 heteroatoms. The van der Waals surface area contributed by atoms with Crippen LogP contribution in [-0.4, -0.2) is 13.2 Å². The molecule has 94 valence electrons. The number of para-hydroxylation sites is 1. The van der Waals surface area contributed by atoms with Crippen molar-refractivity contribution >= 4 is 44.2 Å². The Morgan fingerprint density at radius 1 is 1.06 bits per heavy atom. The van der Waals surface area contributed by atoms with Crippen molar-refractivity contribution in [2.24, 2.45) is 0 Å². The summed E-state index contributed by atoms with van der Waals surface area (Å²) in [5, 5.41) is 3.35. The van der Waals surface area contributed by atoms with Crippen molar-refractivity contribution in [1.82, 2.24) is 0 Å². The van der Waals surface area contributed by atoms with Crippen LogP contribution in [-0.2, 0) is 0 Å². The monoisotopic (exact) mass is 417 g/mol. The maximum absolute atomic E-state index is 5.64. The van der Waals surface area contributed by atoms with Gasteiger partial charge in [0, 0.05) is 20.3 Å². The summed E-state index contributed by atoms with van der Waals surface area (Å²) < 4.78 is 7.92. The van der Waals surface area contributed by atoms with Gasteiger partial charge in [0.1, 0.15) is 12.4 Å². The molecule has 0 amide bonds. The number of hydrogen-bond acceptors (Lipinski definition) is 2. The highest BCUT2D eigenvalue weighted by molar-refractivity contribution is 14.1. The third-order valence-electron chi connectivity index (χ3n) is 2.37. The number of anilines is 1. The van der Waals surface area contributed by atoms with Crippen LogP contribution in [0.1, 0.15) is 0 Å². The first-order chi connectivity index (χ1) is 8.75. The third-order valence-corrected chi connectivity index (χ3v) is 3.84. The van der Waals surface area contributed by atoms with Crippen molar-refractivity contribution in [3.63, 3.8) is 0 Å². The second kappa shape index (κ2) is 6.99. The Morgan fingerprint density at radius 3 is 2.50 bits per heavy atom. The van der Waals surface area contributed by atoms with E-state index in [4.69, 9.17) is 4.74 Å². The summed E-state index contributed by atoms with van der Waals surface area (Å²) in [4.78, 5) is 0. The van der Waals surface area contributed by atoms with Crippen molar-refractivity contribution in [3.05, 3.63) is 56.6 Å². The number of benzene rings is 2. The van der Waals surface area contributed by atoms with Crippen molar-refractivity contribution in [2.45, 2.75) is 0 Å². The van der Waals surface area contributed by atoms with Crippen LogP contribution < -0.4 is 10.1 Å². The smallest absolute Gasteiger partial charge is 0.119 e. The van der Waals surface area contributed by atoms with Crippen LogP contribution in [0.2, 0.25) is 0 Å². The summed E-state index contributed by atoms with van der Waals surface area (Å²) in [7, 11) is 0. The first kappa shape index (κ1) is 13.7. The van der Waals surface area contributed by atoms with Crippen molar-refractivity contribution in [1.29, 1.82) is 0 Å². The molecule has 0 spiro atoms. The van der Waals surface area contributed by atoms with Gasteiger partial charge in [-0.05, 0) is 59.0 Å². The number of hydrogen-bond donors (Lipinski definition) is 1. The summed E-state index contributed by atoms with van der Waals surface area (Å²) >= 11 is 5.72. The summed E-state index contributed by atoms with van der Waals surface area (Å²) in [5.41, 5.74) is 1.15. The molecule has 0 radical (unpaired) electrons. The fourth-order valence-corrected chi connectivity index (χ4v) is 2.33. The molecule has 1 N–H and O–H groups in total. The van der Waals surface area contributed by atoms with Crippen LogP contribution in [0.15, 0.2) is 53.0 Å². The molecule has 18 heavy (non-hydrogen) atoms. The minimum Gasteiger partial charge on any atom is -0.492 e. The zero-order valence-electron chi connectivity index (χ0n) is 9.70. The lowest BCUT2D eigenvalue weighted by atomic mass is 10.3. The molecule has 0 saturated heterocycles. The van der Waals surface area contributed by atoms with Crippen LogP contribution >= 0.6 is 38.5 Å². The summed E-state index contributed by atoms with van der Waals surface area (Å²) in [6.45, 7) is 1.43. The van der Waals surface area contributed by atoms with Gasteiger partial charge in [-0.25, -0.2) is 0 Å². The average Bonchev–Trinajstić information content (AvgIpc) is 2.39. The van der Waals surface area contributed by atoms with Crippen molar-refractivity contribution in [2.75, 3.05) is 18.5 Å². The third kappa shape index (κ3) is 4.17. The van der Waals surface area contributed by atoms with Crippen molar-refractivity contribution in [3.8, 4) is 5.75 Å². The van der Waals surface area contributed by atoms with Gasteiger partial charge in [0.2, 0.25) is 0 Å². The van der Waals surface area contributed by atoms with Gasteiger partial charge >= 0.3 is 0 Å². The van der Waals surface area contributed by atoms with Crippen LogP contribution in [0.3, 0.4) is 0 Å². The molecule has 0 bridgehead atoms. The number of halogens is 2. The molecule has 2 nitrogen and oxygen atoms in total. The summed E-state index contributed by atoms with van der Waals surface area (Å²) in [5.74, 6) is 0.891. The van der Waals surface area contributed by atoms with Crippen LogP contribution in [0, 0.1) is 3.57 Å². The van der Waals surface area contributed by atoms with Crippen LogP contribution in [0.25, 0.3) is 0 Å². The predicted octanol–water partition coefficient (Wildman–Crippen LogP) is 4.54. The molecule has 0 aromatic heterocycles. The van der Waals surface area contributed by atoms with E-state index in [9.17, 15) is 0 Å². The molecular weight excluding hydrogens is 405 g/mol. The molecule has 0 heterocycles. The molecule has 2 aromatic carbocycles. The Morgan fingerprint density at radius 2 is 1.78 bits per heavy atom. The average molecular weight is 418 g/mol. The van der Waals surface area contributed by atoms with E-state index in [1.165, 1.54) is 3.57 Å². The first-order valence-corrected chi connectivity index (χ1v) is 7.49. The fraction of sp³-hybridized carbons (Fsp3) is 0.143. The molecule has 0 saturated carbocycles. The number of rotatable bonds is 5. The van der Waals surface area contributed by atoms with E-state index in [0.717, 1.165) is 22.5 Å². The van der Waals surface area contributed by atoms with E-state index in [1.54, 1.807) is 0 Å². The minimum atomic E-state index is 0.645. The normalized spacial score (nSPS) is 10.1. The second-order valence-corrected chi connectivity index (χ2v) is 5.79. The Kier molecular flexibility index (Phi) is 5.31. The largest absolute Gasteiger partial charge is 0.492 e. The van der Waals surface area contributed by atoms with Gasteiger partial charge in [-0.2, -0.15) is 0 Å². The lowest BCUT2D eigenvalue weighted by Gasteiger charge is -2.09. The standard InChI is InChI=1S/C14H13BrINO/c15-11-5-7-12(8-6-11)18-10-9-17-14-4-2-1-3-13(14)16/h1-8,17H,9-10H2. The molecule has 0 atom stereocenters. The lowest BCUT2D eigenvalue weighted by Crippen LogP contribution is -2.12. The Balaban J connectivity index is 1.76. The van der Waals surface area contributed by atoms with Gasteiger partial charge in [0.15, 0.2) is 0 Å². The molecule has 0 unspecified atom stereocenters. The Bertz CT molecular complexity index is 501. The summed E-state index contributed by atoms with van der Waals surface area (Å²) in [6, 6.07) is 16.1. The number of ether oxygens (including phenoxy) is 1. The van der Waals surface area contributed by atoms with Crippen LogP contribution in [0.5, 0.6) is 5.75 Å². The fourth-order valence-electron chi connectivity index (χ4n) is 1.49. The predicted molar refractivity (Wildman–Crippen MR) is 87.3 cm³/mol. The molecule has 0 aliphatic heterocycles. The number of nitrogens with one attached hydrogen (secondary N) is 1. The quantitative estimate of drug-likeness (QED) is 0.569. The van der Waals surface area contributed by atoms with E-state index in [1.807, 2.05) is 36.4 Å². The highest BCUT2D eigenvalue weighted by Gasteiger charge is 1.97. The highest BCUT2D eigenvalue weighted by Crippen LogP contribution is 2.17.